The van der Waals surface area contributed by atoms with Gasteiger partial charge in [0.15, 0.2) is 0 Å². The molecule has 0 aliphatic heterocycles. The SMILES string of the molecule is CCC(C)(Cl)C[O]. The van der Waals surface area contributed by atoms with Crippen LogP contribution in [0.25, 0.3) is 0 Å². The van der Waals surface area contributed by atoms with Gasteiger partial charge in [0.05, 0.1) is 4.87 Å². The number of hydrogen-bond donors (Lipinski definition) is 0. The van der Waals surface area contributed by atoms with E-state index < -0.39 is 4.87 Å². The summed E-state index contributed by atoms with van der Waals surface area (Å²) in [7, 11) is 0. The predicted octanol–water partition coefficient (Wildman–Crippen LogP) is 1.82. The van der Waals surface area contributed by atoms with Crippen molar-refractivity contribution in [1.82, 2.24) is 0 Å². The van der Waals surface area contributed by atoms with Gasteiger partial charge in [0, 0.05) is 0 Å². The minimum absolute atomic E-state index is 0.189. The van der Waals surface area contributed by atoms with Crippen molar-refractivity contribution < 1.29 is 5.11 Å². The van der Waals surface area contributed by atoms with E-state index in [-0.39, 0.29) is 6.61 Å². The zero-order valence-corrected chi connectivity index (χ0v) is 5.46. The van der Waals surface area contributed by atoms with Crippen molar-refractivity contribution in [2.45, 2.75) is 25.1 Å². The molecule has 7 heavy (non-hydrogen) atoms. The highest BCUT2D eigenvalue weighted by Gasteiger charge is 2.16. The summed E-state index contributed by atoms with van der Waals surface area (Å²) >= 11 is 5.59. The van der Waals surface area contributed by atoms with E-state index in [9.17, 15) is 5.11 Å². The van der Waals surface area contributed by atoms with Gasteiger partial charge >= 0.3 is 0 Å². The topological polar surface area (TPSA) is 19.9 Å². The van der Waals surface area contributed by atoms with Crippen LogP contribution < -0.4 is 0 Å². The lowest BCUT2D eigenvalue weighted by molar-refractivity contribution is 0.161. The summed E-state index contributed by atoms with van der Waals surface area (Å²) < 4.78 is 0. The quantitative estimate of drug-likeness (QED) is 0.497. The molecule has 0 spiro atoms. The average molecular weight is 122 g/mol. The number of halogens is 1. The maximum absolute atomic E-state index is 10.1. The minimum Gasteiger partial charge on any atom is -0.235 e. The second-order valence-corrected chi connectivity index (χ2v) is 2.82. The molecule has 1 radical (unpaired) electrons. The Kier molecular flexibility index (Phi) is 2.62. The molecule has 0 aromatic rings. The lowest BCUT2D eigenvalue weighted by atomic mass is 10.1. The Labute approximate surface area is 49.3 Å². The van der Waals surface area contributed by atoms with Crippen molar-refractivity contribution >= 4 is 11.6 Å². The van der Waals surface area contributed by atoms with E-state index in [1.807, 2.05) is 6.92 Å². The van der Waals surface area contributed by atoms with Crippen molar-refractivity contribution in [3.8, 4) is 0 Å². The molecule has 2 heteroatoms. The van der Waals surface area contributed by atoms with Crippen molar-refractivity contribution in [3.63, 3.8) is 0 Å². The fourth-order valence-corrected chi connectivity index (χ4v) is 0.102. The van der Waals surface area contributed by atoms with Gasteiger partial charge in [-0.2, -0.15) is 0 Å². The van der Waals surface area contributed by atoms with E-state index in [1.54, 1.807) is 6.92 Å². The van der Waals surface area contributed by atoms with Gasteiger partial charge in [0.2, 0.25) is 0 Å². The van der Waals surface area contributed by atoms with Crippen LogP contribution in [0.3, 0.4) is 0 Å². The molecule has 1 nitrogen and oxygen atoms in total. The highest BCUT2D eigenvalue weighted by Crippen LogP contribution is 2.16. The normalized spacial score (nSPS) is 18.9. The van der Waals surface area contributed by atoms with Crippen LogP contribution in [-0.4, -0.2) is 11.5 Å². The molecule has 0 N–H and O–H groups in total. The van der Waals surface area contributed by atoms with Crippen molar-refractivity contribution in [2.24, 2.45) is 0 Å². The van der Waals surface area contributed by atoms with Crippen LogP contribution in [0.4, 0.5) is 0 Å². The average Bonchev–Trinajstić information content (AvgIpc) is 1.68. The molecule has 43 valence electrons. The summed E-state index contributed by atoms with van der Waals surface area (Å²) in [5.74, 6) is 0. The summed E-state index contributed by atoms with van der Waals surface area (Å²) in [6, 6.07) is 0. The molecule has 1 atom stereocenters. The van der Waals surface area contributed by atoms with Crippen molar-refractivity contribution in [1.29, 1.82) is 0 Å². The van der Waals surface area contributed by atoms with Crippen LogP contribution in [0.1, 0.15) is 20.3 Å². The molecule has 0 aromatic heterocycles. The first-order chi connectivity index (χ1) is 3.12. The molecule has 0 heterocycles. The third kappa shape index (κ3) is 2.89. The third-order valence-electron chi connectivity index (χ3n) is 1.04. The third-order valence-corrected chi connectivity index (χ3v) is 1.41. The van der Waals surface area contributed by atoms with E-state index in [1.165, 1.54) is 0 Å². The summed E-state index contributed by atoms with van der Waals surface area (Å²) in [6.45, 7) is 3.47. The second kappa shape index (κ2) is 2.53. The first kappa shape index (κ1) is 7.25. The Morgan fingerprint density at radius 2 is 2.14 bits per heavy atom. The Morgan fingerprint density at radius 1 is 1.71 bits per heavy atom. The molecular formula is C5H10ClO. The molecule has 0 fully saturated rings. The molecule has 0 aromatic carbocycles. The molecule has 0 saturated carbocycles. The van der Waals surface area contributed by atoms with E-state index >= 15 is 0 Å². The minimum atomic E-state index is -0.500. The van der Waals surface area contributed by atoms with Gasteiger partial charge in [-0.25, -0.2) is 5.11 Å². The van der Waals surface area contributed by atoms with Crippen LogP contribution in [-0.2, 0) is 5.11 Å². The van der Waals surface area contributed by atoms with Crippen LogP contribution in [0.5, 0.6) is 0 Å². The zero-order chi connectivity index (χ0) is 5.91. The molecule has 0 rings (SSSR count). The maximum atomic E-state index is 10.1. The van der Waals surface area contributed by atoms with Gasteiger partial charge in [-0.3, -0.25) is 0 Å². The zero-order valence-electron chi connectivity index (χ0n) is 4.70. The van der Waals surface area contributed by atoms with Crippen molar-refractivity contribution in [2.75, 3.05) is 6.61 Å². The maximum Gasteiger partial charge on any atom is 0.101 e. The van der Waals surface area contributed by atoms with Gasteiger partial charge in [-0.15, -0.1) is 11.6 Å². The van der Waals surface area contributed by atoms with E-state index in [0.717, 1.165) is 6.42 Å². The molecule has 0 bridgehead atoms. The molecule has 0 aliphatic rings. The second-order valence-electron chi connectivity index (χ2n) is 1.91. The Bertz CT molecular complexity index is 46.0. The largest absolute Gasteiger partial charge is 0.235 e. The van der Waals surface area contributed by atoms with Gasteiger partial charge in [0.1, 0.15) is 6.61 Å². The lowest BCUT2D eigenvalue weighted by Gasteiger charge is -2.12. The molecular weight excluding hydrogens is 112 g/mol. The molecule has 0 saturated heterocycles. The summed E-state index contributed by atoms with van der Waals surface area (Å²) in [4.78, 5) is -0.500. The van der Waals surface area contributed by atoms with Gasteiger partial charge < -0.3 is 0 Å². The van der Waals surface area contributed by atoms with Crippen LogP contribution in [0.2, 0.25) is 0 Å². The summed E-state index contributed by atoms with van der Waals surface area (Å²) in [6.07, 6.45) is 0.748. The summed E-state index contributed by atoms with van der Waals surface area (Å²) in [5.41, 5.74) is 0. The van der Waals surface area contributed by atoms with Crippen molar-refractivity contribution in [3.05, 3.63) is 0 Å². The number of hydrogen-bond acceptors (Lipinski definition) is 0. The predicted molar refractivity (Wildman–Crippen MR) is 30.1 cm³/mol. The Hall–Kier alpha value is 0.250. The highest BCUT2D eigenvalue weighted by atomic mass is 35.5. The Balaban J connectivity index is 3.36. The molecule has 0 aliphatic carbocycles. The number of alkyl halides is 1. The van der Waals surface area contributed by atoms with Gasteiger partial charge in [-0.05, 0) is 13.3 Å². The van der Waals surface area contributed by atoms with Gasteiger partial charge in [0.25, 0.3) is 0 Å². The van der Waals surface area contributed by atoms with Crippen LogP contribution in [0.15, 0.2) is 0 Å². The lowest BCUT2D eigenvalue weighted by Crippen LogP contribution is -2.18. The smallest absolute Gasteiger partial charge is 0.101 e. The highest BCUT2D eigenvalue weighted by molar-refractivity contribution is 6.23. The standard InChI is InChI=1S/C5H10ClO/c1-3-5(2,6)4-7/h3-4H2,1-2H3. The molecule has 0 amide bonds. The molecule has 1 unspecified atom stereocenters. The van der Waals surface area contributed by atoms with E-state index in [2.05, 4.69) is 0 Å². The Morgan fingerprint density at radius 3 is 2.14 bits per heavy atom. The van der Waals surface area contributed by atoms with Crippen LogP contribution >= 0.6 is 11.6 Å². The monoisotopic (exact) mass is 121 g/mol. The first-order valence-electron chi connectivity index (χ1n) is 2.39. The van der Waals surface area contributed by atoms with Crippen LogP contribution in [0, 0.1) is 0 Å². The fourth-order valence-electron chi connectivity index (χ4n) is 0.102. The van der Waals surface area contributed by atoms with E-state index in [4.69, 9.17) is 11.6 Å². The first-order valence-corrected chi connectivity index (χ1v) is 2.77. The van der Waals surface area contributed by atoms with E-state index in [0.29, 0.717) is 0 Å². The number of rotatable bonds is 2. The van der Waals surface area contributed by atoms with Gasteiger partial charge in [-0.1, -0.05) is 6.92 Å². The fraction of sp³-hybridized carbons (Fsp3) is 1.00. The summed E-state index contributed by atoms with van der Waals surface area (Å²) in [5, 5.41) is 10.1.